The molecule has 1 aromatic rings. The zero-order chi connectivity index (χ0) is 17.5. The number of nitrogens with zero attached hydrogens (tertiary/aromatic N) is 1. The third kappa shape index (κ3) is 4.14. The van der Waals surface area contributed by atoms with Gasteiger partial charge in [-0.05, 0) is 24.6 Å². The van der Waals surface area contributed by atoms with Gasteiger partial charge in [0.1, 0.15) is 6.04 Å². The van der Waals surface area contributed by atoms with Gasteiger partial charge in [0.2, 0.25) is 5.91 Å². The molecule has 1 aromatic carbocycles. The van der Waals surface area contributed by atoms with E-state index in [4.69, 9.17) is 9.47 Å². The summed E-state index contributed by atoms with van der Waals surface area (Å²) >= 11 is 1.59. The fraction of sp³-hybridized carbons (Fsp3) is 0.529. The van der Waals surface area contributed by atoms with E-state index in [0.717, 1.165) is 12.8 Å². The number of amides is 2. The number of rotatable bonds is 7. The Morgan fingerprint density at radius 1 is 1.29 bits per heavy atom. The van der Waals surface area contributed by atoms with Gasteiger partial charge in [-0.2, -0.15) is 0 Å². The Labute approximate surface area is 146 Å². The number of thioether (sulfide) groups is 1. The summed E-state index contributed by atoms with van der Waals surface area (Å²) in [7, 11) is 3.08. The first-order valence-corrected chi connectivity index (χ1v) is 9.16. The van der Waals surface area contributed by atoms with Crippen LogP contribution in [0.1, 0.15) is 30.1 Å². The topological polar surface area (TPSA) is 67.9 Å². The average molecular weight is 352 g/mol. The van der Waals surface area contributed by atoms with E-state index in [-0.39, 0.29) is 11.8 Å². The molecule has 2 rings (SSSR count). The van der Waals surface area contributed by atoms with Crippen molar-refractivity contribution in [2.45, 2.75) is 25.8 Å². The minimum atomic E-state index is -0.424. The van der Waals surface area contributed by atoms with Gasteiger partial charge in [0.05, 0.1) is 20.1 Å². The Morgan fingerprint density at radius 2 is 2.04 bits per heavy atom. The van der Waals surface area contributed by atoms with Crippen LogP contribution in [0.3, 0.4) is 0 Å². The maximum atomic E-state index is 12.8. The first kappa shape index (κ1) is 18.4. The zero-order valence-electron chi connectivity index (χ0n) is 14.3. The van der Waals surface area contributed by atoms with Crippen molar-refractivity contribution in [3.05, 3.63) is 23.8 Å². The highest BCUT2D eigenvalue weighted by molar-refractivity contribution is 7.99. The number of methoxy groups -OCH3 is 2. The molecule has 24 heavy (non-hydrogen) atoms. The Morgan fingerprint density at radius 3 is 2.71 bits per heavy atom. The van der Waals surface area contributed by atoms with E-state index >= 15 is 0 Å². The monoisotopic (exact) mass is 352 g/mol. The standard InChI is InChI=1S/C17H24N2O4S/c1-4-5-8-18-16(20)13-10-24-11-19(13)17(21)12-6-7-14(22-2)15(9-12)23-3/h6-7,9,13H,4-5,8,10-11H2,1-3H3,(H,18,20). The Bertz CT molecular complexity index is 594. The maximum absolute atomic E-state index is 12.8. The van der Waals surface area contributed by atoms with Gasteiger partial charge < -0.3 is 19.7 Å². The third-order valence-electron chi connectivity index (χ3n) is 3.91. The lowest BCUT2D eigenvalue weighted by molar-refractivity contribution is -0.124. The summed E-state index contributed by atoms with van der Waals surface area (Å²) in [5, 5.41) is 2.91. The van der Waals surface area contributed by atoms with Crippen LogP contribution in [0, 0.1) is 0 Å². The summed E-state index contributed by atoms with van der Waals surface area (Å²) in [6.07, 6.45) is 1.96. The van der Waals surface area contributed by atoms with Crippen molar-refractivity contribution in [1.29, 1.82) is 0 Å². The second kappa shape index (κ2) is 8.82. The van der Waals surface area contributed by atoms with Gasteiger partial charge >= 0.3 is 0 Å². The molecular weight excluding hydrogens is 328 g/mol. The van der Waals surface area contributed by atoms with Crippen LogP contribution in [0.4, 0.5) is 0 Å². The molecule has 0 aromatic heterocycles. The highest BCUT2D eigenvalue weighted by Gasteiger charge is 2.35. The van der Waals surface area contributed by atoms with Crippen LogP contribution in [-0.2, 0) is 4.79 Å². The van der Waals surface area contributed by atoms with Gasteiger partial charge in [0.25, 0.3) is 5.91 Å². The lowest BCUT2D eigenvalue weighted by Gasteiger charge is -2.23. The molecule has 1 unspecified atom stereocenters. The summed E-state index contributed by atoms with van der Waals surface area (Å²) in [5.41, 5.74) is 0.488. The molecule has 1 atom stereocenters. The molecule has 0 radical (unpaired) electrons. The van der Waals surface area contributed by atoms with E-state index in [9.17, 15) is 9.59 Å². The van der Waals surface area contributed by atoms with Crippen molar-refractivity contribution in [2.24, 2.45) is 0 Å². The smallest absolute Gasteiger partial charge is 0.255 e. The fourth-order valence-electron chi connectivity index (χ4n) is 2.50. The molecule has 7 heteroatoms. The molecule has 0 bridgehead atoms. The molecule has 1 aliphatic rings. The van der Waals surface area contributed by atoms with E-state index < -0.39 is 6.04 Å². The largest absolute Gasteiger partial charge is 0.493 e. The van der Waals surface area contributed by atoms with E-state index in [1.54, 1.807) is 42.0 Å². The Balaban J connectivity index is 2.11. The van der Waals surface area contributed by atoms with Gasteiger partial charge in [0.15, 0.2) is 11.5 Å². The van der Waals surface area contributed by atoms with Crippen LogP contribution in [0.25, 0.3) is 0 Å². The van der Waals surface area contributed by atoms with Crippen LogP contribution in [-0.4, -0.2) is 55.2 Å². The van der Waals surface area contributed by atoms with Crippen LogP contribution in [0.15, 0.2) is 18.2 Å². The molecule has 132 valence electrons. The predicted molar refractivity (Wildman–Crippen MR) is 94.7 cm³/mol. The number of carbonyl (C=O) groups is 2. The van der Waals surface area contributed by atoms with Crippen molar-refractivity contribution < 1.29 is 19.1 Å². The van der Waals surface area contributed by atoms with Gasteiger partial charge in [-0.3, -0.25) is 9.59 Å². The highest BCUT2D eigenvalue weighted by atomic mass is 32.2. The summed E-state index contributed by atoms with van der Waals surface area (Å²) in [6, 6.07) is 4.62. The summed E-state index contributed by atoms with van der Waals surface area (Å²) in [6.45, 7) is 2.72. The Kier molecular flexibility index (Phi) is 6.78. The number of hydrogen-bond acceptors (Lipinski definition) is 5. The van der Waals surface area contributed by atoms with Crippen LogP contribution in [0.5, 0.6) is 11.5 Å². The number of hydrogen-bond donors (Lipinski definition) is 1. The number of unbranched alkanes of at least 4 members (excludes halogenated alkanes) is 1. The van der Waals surface area contributed by atoms with Crippen molar-refractivity contribution in [2.75, 3.05) is 32.4 Å². The molecule has 0 saturated carbocycles. The van der Waals surface area contributed by atoms with Crippen LogP contribution < -0.4 is 14.8 Å². The second-order valence-corrected chi connectivity index (χ2v) is 6.50. The van der Waals surface area contributed by atoms with Crippen LogP contribution in [0.2, 0.25) is 0 Å². The minimum Gasteiger partial charge on any atom is -0.493 e. The number of nitrogens with one attached hydrogen (secondary N) is 1. The van der Waals surface area contributed by atoms with Gasteiger partial charge in [-0.25, -0.2) is 0 Å². The molecule has 6 nitrogen and oxygen atoms in total. The lowest BCUT2D eigenvalue weighted by Crippen LogP contribution is -2.47. The van der Waals surface area contributed by atoms with E-state index in [2.05, 4.69) is 12.2 Å². The second-order valence-electron chi connectivity index (χ2n) is 5.50. The first-order chi connectivity index (χ1) is 11.6. The fourth-order valence-corrected chi connectivity index (χ4v) is 3.66. The predicted octanol–water partition coefficient (Wildman–Crippen LogP) is 2.14. The lowest BCUT2D eigenvalue weighted by atomic mass is 10.1. The number of benzene rings is 1. The van der Waals surface area contributed by atoms with Crippen molar-refractivity contribution >= 4 is 23.6 Å². The van der Waals surface area contributed by atoms with Crippen molar-refractivity contribution in [1.82, 2.24) is 10.2 Å². The van der Waals surface area contributed by atoms with E-state index in [0.29, 0.717) is 35.2 Å². The molecule has 1 heterocycles. The summed E-state index contributed by atoms with van der Waals surface area (Å²) in [4.78, 5) is 26.7. The highest BCUT2D eigenvalue weighted by Crippen LogP contribution is 2.30. The Hall–Kier alpha value is -1.89. The molecular formula is C17H24N2O4S. The van der Waals surface area contributed by atoms with Crippen molar-refractivity contribution in [3.8, 4) is 11.5 Å². The van der Waals surface area contributed by atoms with Gasteiger partial charge in [0, 0.05) is 17.9 Å². The van der Waals surface area contributed by atoms with Crippen molar-refractivity contribution in [3.63, 3.8) is 0 Å². The maximum Gasteiger partial charge on any atom is 0.255 e. The first-order valence-electron chi connectivity index (χ1n) is 8.00. The molecule has 0 spiro atoms. The molecule has 1 saturated heterocycles. The SMILES string of the molecule is CCCCNC(=O)C1CSCN1C(=O)c1ccc(OC)c(OC)c1. The van der Waals surface area contributed by atoms with Gasteiger partial charge in [-0.1, -0.05) is 13.3 Å². The number of ether oxygens (including phenoxy) is 2. The molecule has 2 amide bonds. The zero-order valence-corrected chi connectivity index (χ0v) is 15.1. The van der Waals surface area contributed by atoms with Gasteiger partial charge in [-0.15, -0.1) is 11.8 Å². The van der Waals surface area contributed by atoms with Crippen LogP contribution >= 0.6 is 11.8 Å². The van der Waals surface area contributed by atoms with E-state index in [1.807, 2.05) is 0 Å². The van der Waals surface area contributed by atoms with E-state index in [1.165, 1.54) is 7.11 Å². The molecule has 0 aliphatic carbocycles. The minimum absolute atomic E-state index is 0.0812. The molecule has 1 N–H and O–H groups in total. The third-order valence-corrected chi connectivity index (χ3v) is 4.92. The summed E-state index contributed by atoms with van der Waals surface area (Å²) < 4.78 is 10.4. The molecule has 1 aliphatic heterocycles. The normalized spacial score (nSPS) is 16.8. The average Bonchev–Trinajstić information content (AvgIpc) is 3.10. The quantitative estimate of drug-likeness (QED) is 0.762. The number of carbonyl (C=O) groups excluding carboxylic acids is 2. The summed E-state index contributed by atoms with van der Waals surface area (Å²) in [5.74, 6) is 1.95. The molecule has 1 fully saturated rings.